The van der Waals surface area contributed by atoms with Crippen LogP contribution in [0, 0.1) is 18.3 Å². The number of nitrogens with zero attached hydrogens (tertiary/aromatic N) is 3. The number of aromatic nitrogens is 1. The molecular formula is C24H30N4O. The van der Waals surface area contributed by atoms with Gasteiger partial charge in [-0.1, -0.05) is 0 Å². The number of hydrogen-bond acceptors (Lipinski definition) is 5. The topological polar surface area (TPSA) is 61.2 Å². The van der Waals surface area contributed by atoms with Crippen molar-refractivity contribution in [3.63, 3.8) is 0 Å². The number of nitrogens with one attached hydrogen (secondary N) is 1. The first-order chi connectivity index (χ1) is 14.2. The number of pyridine rings is 1. The minimum Gasteiger partial charge on any atom is -0.493 e. The summed E-state index contributed by atoms with van der Waals surface area (Å²) in [5, 5.41) is 14.2. The Morgan fingerprint density at radius 1 is 1.17 bits per heavy atom. The van der Waals surface area contributed by atoms with Crippen LogP contribution in [0.3, 0.4) is 0 Å². The molecule has 2 heterocycles. The number of rotatable bonds is 7. The fourth-order valence-electron chi connectivity index (χ4n) is 4.85. The number of likely N-dealkylation sites (tertiary alicyclic amines) is 1. The van der Waals surface area contributed by atoms with Crippen molar-refractivity contribution in [2.45, 2.75) is 63.8 Å². The number of nitriles is 1. The third-order valence-electron chi connectivity index (χ3n) is 6.75. The zero-order valence-corrected chi connectivity index (χ0v) is 17.4. The zero-order valence-electron chi connectivity index (χ0n) is 17.4. The van der Waals surface area contributed by atoms with E-state index in [1.54, 1.807) is 0 Å². The molecule has 5 heteroatoms. The Kier molecular flexibility index (Phi) is 4.83. The fourth-order valence-corrected chi connectivity index (χ4v) is 4.85. The van der Waals surface area contributed by atoms with Gasteiger partial charge < -0.3 is 15.0 Å². The molecule has 29 heavy (non-hydrogen) atoms. The molecule has 1 saturated heterocycles. The smallest absolute Gasteiger partial charge is 0.131 e. The van der Waals surface area contributed by atoms with Crippen LogP contribution in [0.25, 0.3) is 10.9 Å². The predicted octanol–water partition coefficient (Wildman–Crippen LogP) is 4.36. The molecular weight excluding hydrogens is 360 g/mol. The van der Waals surface area contributed by atoms with E-state index in [0.29, 0.717) is 0 Å². The van der Waals surface area contributed by atoms with E-state index in [2.05, 4.69) is 35.3 Å². The lowest BCUT2D eigenvalue weighted by Crippen LogP contribution is -2.22. The molecule has 2 fully saturated rings. The maximum atomic E-state index is 9.50. The lowest BCUT2D eigenvalue weighted by atomic mass is 10.0. The summed E-state index contributed by atoms with van der Waals surface area (Å²) in [6.07, 6.45) is 8.88. The summed E-state index contributed by atoms with van der Waals surface area (Å²) < 4.78 is 6.16. The molecule has 3 aliphatic rings. The summed E-state index contributed by atoms with van der Waals surface area (Å²) in [4.78, 5) is 7.49. The van der Waals surface area contributed by atoms with Gasteiger partial charge in [0.05, 0.1) is 18.2 Å². The Bertz CT molecular complexity index is 967. The van der Waals surface area contributed by atoms with Crippen molar-refractivity contribution in [2.75, 3.05) is 31.6 Å². The van der Waals surface area contributed by atoms with E-state index in [-0.39, 0.29) is 0 Å². The van der Waals surface area contributed by atoms with Crippen molar-refractivity contribution in [2.24, 2.45) is 0 Å². The monoisotopic (exact) mass is 390 g/mol. The lowest BCUT2D eigenvalue weighted by Gasteiger charge is -2.18. The van der Waals surface area contributed by atoms with Crippen molar-refractivity contribution in [1.29, 1.82) is 5.26 Å². The summed E-state index contributed by atoms with van der Waals surface area (Å²) in [6.45, 7) is 6.49. The highest BCUT2D eigenvalue weighted by molar-refractivity contribution is 5.88. The van der Waals surface area contributed by atoms with Gasteiger partial charge in [0.2, 0.25) is 0 Å². The highest BCUT2D eigenvalue weighted by atomic mass is 16.5. The SMILES string of the molecule is Cc1cc2c3c(c(NC4(C#N)CC4)nc2cc1OCCCN1CCCC1)CCC3. The minimum absolute atomic E-state index is 0.392. The van der Waals surface area contributed by atoms with E-state index in [1.807, 2.05) is 0 Å². The van der Waals surface area contributed by atoms with Crippen LogP contribution in [-0.2, 0) is 12.8 Å². The average molecular weight is 391 g/mol. The largest absolute Gasteiger partial charge is 0.493 e. The normalized spacial score (nSPS) is 19.9. The first kappa shape index (κ1) is 18.7. The molecule has 5 rings (SSSR count). The van der Waals surface area contributed by atoms with Crippen LogP contribution in [0.2, 0.25) is 0 Å². The molecule has 0 amide bonds. The van der Waals surface area contributed by atoms with Crippen LogP contribution in [0.5, 0.6) is 5.75 Å². The molecule has 0 radical (unpaired) electrons. The van der Waals surface area contributed by atoms with E-state index in [4.69, 9.17) is 9.72 Å². The quantitative estimate of drug-likeness (QED) is 0.712. The van der Waals surface area contributed by atoms with Gasteiger partial charge in [-0.2, -0.15) is 5.26 Å². The van der Waals surface area contributed by atoms with Crippen molar-refractivity contribution < 1.29 is 4.74 Å². The molecule has 2 aliphatic carbocycles. The Balaban J connectivity index is 1.38. The second-order valence-corrected chi connectivity index (χ2v) is 8.98. The van der Waals surface area contributed by atoms with Crippen molar-refractivity contribution >= 4 is 16.7 Å². The molecule has 1 aromatic heterocycles. The Morgan fingerprint density at radius 2 is 1.97 bits per heavy atom. The van der Waals surface area contributed by atoms with E-state index < -0.39 is 5.54 Å². The highest BCUT2D eigenvalue weighted by Gasteiger charge is 2.44. The molecule has 152 valence electrons. The van der Waals surface area contributed by atoms with Crippen LogP contribution in [-0.4, -0.2) is 41.7 Å². The van der Waals surface area contributed by atoms with Crippen molar-refractivity contribution in [1.82, 2.24) is 9.88 Å². The number of benzene rings is 1. The summed E-state index contributed by atoms with van der Waals surface area (Å²) in [5.74, 6) is 1.87. The summed E-state index contributed by atoms with van der Waals surface area (Å²) in [6, 6.07) is 6.80. The second kappa shape index (κ2) is 7.50. The molecule has 2 aromatic rings. The Morgan fingerprint density at radius 3 is 2.72 bits per heavy atom. The average Bonchev–Trinajstić information content (AvgIpc) is 3.11. The third kappa shape index (κ3) is 3.67. The van der Waals surface area contributed by atoms with E-state index in [0.717, 1.165) is 68.8 Å². The van der Waals surface area contributed by atoms with Gasteiger partial charge in [0, 0.05) is 18.0 Å². The van der Waals surface area contributed by atoms with Crippen LogP contribution >= 0.6 is 0 Å². The maximum absolute atomic E-state index is 9.50. The standard InChI is InChI=1S/C24H30N4O/c1-17-14-20-18-6-4-7-19(18)23(27-24(16-25)8-9-24)26-21(20)15-22(17)29-13-5-12-28-10-2-3-11-28/h14-15H,2-13H2,1H3,(H,26,27). The summed E-state index contributed by atoms with van der Waals surface area (Å²) >= 11 is 0. The number of fused-ring (bicyclic) bond motifs is 3. The van der Waals surface area contributed by atoms with Gasteiger partial charge in [0.1, 0.15) is 17.1 Å². The van der Waals surface area contributed by atoms with E-state index in [9.17, 15) is 5.26 Å². The Hall–Kier alpha value is -2.32. The van der Waals surface area contributed by atoms with E-state index >= 15 is 0 Å². The van der Waals surface area contributed by atoms with Crippen LogP contribution in [0.4, 0.5) is 5.82 Å². The number of aryl methyl sites for hydroxylation is 2. The first-order valence-electron chi connectivity index (χ1n) is 11.2. The van der Waals surface area contributed by atoms with Crippen molar-refractivity contribution in [3.05, 3.63) is 28.8 Å². The highest BCUT2D eigenvalue weighted by Crippen LogP contribution is 2.42. The molecule has 1 aromatic carbocycles. The summed E-state index contributed by atoms with van der Waals surface area (Å²) in [7, 11) is 0. The molecule has 0 unspecified atom stereocenters. The van der Waals surface area contributed by atoms with Gasteiger partial charge in [0.25, 0.3) is 0 Å². The summed E-state index contributed by atoms with van der Waals surface area (Å²) in [5.41, 5.74) is 4.51. The second-order valence-electron chi connectivity index (χ2n) is 8.98. The van der Waals surface area contributed by atoms with Gasteiger partial charge in [0.15, 0.2) is 0 Å². The predicted molar refractivity (Wildman–Crippen MR) is 115 cm³/mol. The molecule has 0 bridgehead atoms. The molecule has 0 spiro atoms. The van der Waals surface area contributed by atoms with Crippen molar-refractivity contribution in [3.8, 4) is 11.8 Å². The van der Waals surface area contributed by atoms with Crippen LogP contribution in [0.15, 0.2) is 12.1 Å². The van der Waals surface area contributed by atoms with Gasteiger partial charge in [-0.15, -0.1) is 0 Å². The van der Waals surface area contributed by atoms with Gasteiger partial charge >= 0.3 is 0 Å². The molecule has 1 N–H and O–H groups in total. The molecule has 1 aliphatic heterocycles. The number of anilines is 1. The first-order valence-corrected chi connectivity index (χ1v) is 11.2. The molecule has 0 atom stereocenters. The van der Waals surface area contributed by atoms with Gasteiger partial charge in [-0.3, -0.25) is 0 Å². The third-order valence-corrected chi connectivity index (χ3v) is 6.75. The number of hydrogen-bond donors (Lipinski definition) is 1. The van der Waals surface area contributed by atoms with Crippen LogP contribution < -0.4 is 10.1 Å². The van der Waals surface area contributed by atoms with Gasteiger partial charge in [-0.25, -0.2) is 4.98 Å². The minimum atomic E-state index is -0.392. The van der Waals surface area contributed by atoms with Crippen LogP contribution in [0.1, 0.15) is 55.2 Å². The molecule has 5 nitrogen and oxygen atoms in total. The Labute approximate surface area is 173 Å². The molecule has 1 saturated carbocycles. The fraction of sp³-hybridized carbons (Fsp3) is 0.583. The van der Waals surface area contributed by atoms with Gasteiger partial charge in [-0.05, 0) is 94.1 Å². The maximum Gasteiger partial charge on any atom is 0.131 e. The lowest BCUT2D eigenvalue weighted by molar-refractivity contribution is 0.262. The number of ether oxygens (including phenoxy) is 1. The van der Waals surface area contributed by atoms with E-state index in [1.165, 1.54) is 48.0 Å². The zero-order chi connectivity index (χ0) is 19.8.